The van der Waals surface area contributed by atoms with Crippen LogP contribution in [0.15, 0.2) is 79.8 Å². The lowest BCUT2D eigenvalue weighted by Gasteiger charge is -2.18. The zero-order valence-electron chi connectivity index (χ0n) is 20.6. The first kappa shape index (κ1) is 28.3. The third-order valence-corrected chi connectivity index (χ3v) is 11.0. The number of sulfonamides is 2. The lowest BCUT2D eigenvalue weighted by molar-refractivity contribution is -0.118. The lowest BCUT2D eigenvalue weighted by Crippen LogP contribution is -2.25. The number of thiophene rings is 2. The predicted molar refractivity (Wildman–Crippen MR) is 152 cm³/mol. The molecule has 0 fully saturated rings. The molecule has 0 radical (unpaired) electrons. The Morgan fingerprint density at radius 1 is 0.854 bits per heavy atom. The maximum absolute atomic E-state index is 12.9. The van der Waals surface area contributed by atoms with E-state index in [-0.39, 0.29) is 43.4 Å². The first-order valence-corrected chi connectivity index (χ1v) is 16.3. The van der Waals surface area contributed by atoms with Crippen LogP contribution in [-0.4, -0.2) is 47.7 Å². The number of hydrogen-bond acceptors (Lipinski definition) is 11. The van der Waals surface area contributed by atoms with Crippen LogP contribution in [-0.2, 0) is 29.6 Å². The number of benzene rings is 2. The van der Waals surface area contributed by atoms with Crippen molar-refractivity contribution in [3.63, 3.8) is 0 Å². The first-order valence-electron chi connectivity index (χ1n) is 11.5. The van der Waals surface area contributed by atoms with Crippen LogP contribution < -0.4 is 19.5 Å². The van der Waals surface area contributed by atoms with Crippen molar-refractivity contribution in [3.8, 4) is 5.75 Å². The van der Waals surface area contributed by atoms with E-state index < -0.39 is 38.4 Å². The van der Waals surface area contributed by atoms with E-state index in [9.17, 15) is 31.2 Å². The van der Waals surface area contributed by atoms with Crippen molar-refractivity contribution in [3.05, 3.63) is 82.6 Å². The summed E-state index contributed by atoms with van der Waals surface area (Å²) in [6.07, 6.45) is 0. The number of nitrogens with one attached hydrogen (secondary N) is 3. The highest BCUT2D eigenvalue weighted by Crippen LogP contribution is 2.29. The van der Waals surface area contributed by atoms with Gasteiger partial charge in [-0.3, -0.25) is 19.0 Å². The minimum Gasteiger partial charge on any atom is -0.482 e. The van der Waals surface area contributed by atoms with E-state index >= 15 is 0 Å². The Balaban J connectivity index is 1.38. The highest BCUT2D eigenvalue weighted by molar-refractivity contribution is 7.95. The molecule has 212 valence electrons. The fourth-order valence-corrected chi connectivity index (χ4v) is 7.73. The fourth-order valence-electron chi connectivity index (χ4n) is 3.66. The van der Waals surface area contributed by atoms with Gasteiger partial charge in [0.25, 0.3) is 26.0 Å². The van der Waals surface area contributed by atoms with Gasteiger partial charge in [-0.2, -0.15) is 0 Å². The average molecular weight is 634 g/mol. The third kappa shape index (κ3) is 6.57. The van der Waals surface area contributed by atoms with Gasteiger partial charge in [0, 0.05) is 5.56 Å². The number of amides is 1. The number of esters is 1. The molecule has 1 aliphatic rings. The normalized spacial score (nSPS) is 12.9. The van der Waals surface area contributed by atoms with Crippen molar-refractivity contribution in [1.82, 2.24) is 0 Å². The van der Waals surface area contributed by atoms with Gasteiger partial charge in [0.1, 0.15) is 14.2 Å². The lowest BCUT2D eigenvalue weighted by atomic mass is 10.1. The van der Waals surface area contributed by atoms with Gasteiger partial charge in [0.2, 0.25) is 0 Å². The molecule has 1 amide bonds. The van der Waals surface area contributed by atoms with Crippen molar-refractivity contribution in [2.24, 2.45) is 0 Å². The van der Waals surface area contributed by atoms with Crippen LogP contribution in [0.4, 0.5) is 17.1 Å². The number of hydrogen-bond donors (Lipinski definition) is 3. The van der Waals surface area contributed by atoms with Gasteiger partial charge in [0.15, 0.2) is 19.0 Å². The van der Waals surface area contributed by atoms with E-state index in [1.165, 1.54) is 36.4 Å². The maximum atomic E-state index is 12.9. The zero-order chi connectivity index (χ0) is 29.2. The van der Waals surface area contributed by atoms with Crippen LogP contribution in [0.5, 0.6) is 5.75 Å². The summed E-state index contributed by atoms with van der Waals surface area (Å²) in [5.41, 5.74) is -0.0165. The molecule has 3 heterocycles. The summed E-state index contributed by atoms with van der Waals surface area (Å²) in [5.74, 6) is -1.60. The van der Waals surface area contributed by atoms with Crippen molar-refractivity contribution in [2.75, 3.05) is 28.0 Å². The molecular weight excluding hydrogens is 615 g/mol. The number of ether oxygens (including phenoxy) is 2. The topological polar surface area (TPSA) is 174 Å². The molecular formula is C25H19N3O9S4. The molecule has 16 heteroatoms. The molecule has 0 aliphatic carbocycles. The molecule has 0 saturated carbocycles. The van der Waals surface area contributed by atoms with Crippen molar-refractivity contribution < 1.29 is 40.7 Å². The molecule has 2 aromatic heterocycles. The molecule has 4 aromatic rings. The minimum atomic E-state index is -4.04. The van der Waals surface area contributed by atoms with Gasteiger partial charge in [-0.25, -0.2) is 21.6 Å². The van der Waals surface area contributed by atoms with E-state index in [1.807, 2.05) is 0 Å². The van der Waals surface area contributed by atoms with Gasteiger partial charge < -0.3 is 14.8 Å². The van der Waals surface area contributed by atoms with E-state index in [0.29, 0.717) is 11.4 Å². The van der Waals surface area contributed by atoms with Gasteiger partial charge in [-0.15, -0.1) is 22.7 Å². The standard InChI is InChI=1S/C25H19N3O9S4/c29-20(15-5-6-21-19(11-15)26-22(30)14-36-21)13-37-25(31)16-9-17(27-40(32,33)23-3-1-7-38-23)12-18(10-16)28-41(34,35)24-4-2-8-39-24/h1-12,27-28H,13-14H2,(H,26,30). The smallest absolute Gasteiger partial charge is 0.338 e. The number of ketones is 1. The summed E-state index contributed by atoms with van der Waals surface area (Å²) >= 11 is 1.94. The summed E-state index contributed by atoms with van der Waals surface area (Å²) in [4.78, 5) is 37.2. The molecule has 3 N–H and O–H groups in total. The largest absolute Gasteiger partial charge is 0.482 e. The van der Waals surface area contributed by atoms with Gasteiger partial charge >= 0.3 is 5.97 Å². The Hall–Kier alpha value is -4.25. The summed E-state index contributed by atoms with van der Waals surface area (Å²) in [5, 5.41) is 5.73. The molecule has 0 unspecified atom stereocenters. The number of rotatable bonds is 10. The summed E-state index contributed by atoms with van der Waals surface area (Å²) in [7, 11) is -8.08. The summed E-state index contributed by atoms with van der Waals surface area (Å²) in [6.45, 7) is -0.834. The predicted octanol–water partition coefficient (Wildman–Crippen LogP) is 3.78. The second-order valence-corrected chi connectivity index (χ2v) is 14.1. The highest BCUT2D eigenvalue weighted by Gasteiger charge is 2.22. The van der Waals surface area contributed by atoms with Crippen molar-refractivity contribution in [2.45, 2.75) is 8.42 Å². The number of fused-ring (bicyclic) bond motifs is 1. The quantitative estimate of drug-likeness (QED) is 0.173. The van der Waals surface area contributed by atoms with Crippen LogP contribution in [0.25, 0.3) is 0 Å². The Labute approximate surface area is 242 Å². The molecule has 12 nitrogen and oxygen atoms in total. The molecule has 5 rings (SSSR count). The van der Waals surface area contributed by atoms with E-state index in [0.717, 1.165) is 34.8 Å². The van der Waals surface area contributed by atoms with Crippen LogP contribution in [0.1, 0.15) is 20.7 Å². The van der Waals surface area contributed by atoms with Crippen LogP contribution in [0.3, 0.4) is 0 Å². The number of carbonyl (C=O) groups excluding carboxylic acids is 3. The van der Waals surface area contributed by atoms with Crippen LogP contribution >= 0.6 is 22.7 Å². The van der Waals surface area contributed by atoms with Crippen LogP contribution in [0, 0.1) is 0 Å². The second kappa shape index (κ2) is 11.3. The van der Waals surface area contributed by atoms with Gasteiger partial charge in [0.05, 0.1) is 22.6 Å². The molecule has 1 aliphatic heterocycles. The molecule has 41 heavy (non-hydrogen) atoms. The van der Waals surface area contributed by atoms with Gasteiger partial charge in [-0.1, -0.05) is 12.1 Å². The minimum absolute atomic E-state index is 0.00318. The number of anilines is 3. The Morgan fingerprint density at radius 3 is 2.02 bits per heavy atom. The highest BCUT2D eigenvalue weighted by atomic mass is 32.3. The Bertz CT molecular complexity index is 1770. The zero-order valence-corrected chi connectivity index (χ0v) is 23.9. The summed E-state index contributed by atoms with van der Waals surface area (Å²) in [6, 6.07) is 13.7. The SMILES string of the molecule is O=C1COc2ccc(C(=O)COC(=O)c3cc(NS(=O)(=O)c4cccs4)cc(NS(=O)(=O)c4cccs4)c3)cc2N1. The molecule has 2 aromatic carbocycles. The van der Waals surface area contributed by atoms with Gasteiger partial charge in [-0.05, 0) is 59.3 Å². The summed E-state index contributed by atoms with van der Waals surface area (Å²) < 4.78 is 66.2. The first-order chi connectivity index (χ1) is 19.5. The molecule has 0 saturated heterocycles. The number of Topliss-reactive ketones (excluding diaryl/α,β-unsaturated/α-hetero) is 1. The van der Waals surface area contributed by atoms with Crippen LogP contribution in [0.2, 0.25) is 0 Å². The third-order valence-electron chi connectivity index (χ3n) is 5.46. The molecule has 0 atom stereocenters. The maximum Gasteiger partial charge on any atom is 0.338 e. The second-order valence-electron chi connectivity index (χ2n) is 8.42. The van der Waals surface area contributed by atoms with E-state index in [4.69, 9.17) is 9.47 Å². The fraction of sp³-hybridized carbons (Fsp3) is 0.0800. The average Bonchev–Trinajstić information content (AvgIpc) is 3.66. The van der Waals surface area contributed by atoms with Crippen molar-refractivity contribution >= 4 is 77.4 Å². The molecule has 0 bridgehead atoms. The van der Waals surface area contributed by atoms with E-state index in [1.54, 1.807) is 22.9 Å². The number of carbonyl (C=O) groups is 3. The molecule has 0 spiro atoms. The van der Waals surface area contributed by atoms with E-state index in [2.05, 4.69) is 14.8 Å². The van der Waals surface area contributed by atoms with Crippen molar-refractivity contribution in [1.29, 1.82) is 0 Å². The Kier molecular flexibility index (Phi) is 7.81. The monoisotopic (exact) mass is 633 g/mol. The Morgan fingerprint density at radius 2 is 1.46 bits per heavy atom.